The second kappa shape index (κ2) is 12.8. The molecule has 0 bridgehead atoms. The van der Waals surface area contributed by atoms with E-state index < -0.39 is 76.9 Å². The maximum absolute atomic E-state index is 16.1. The molecule has 3 unspecified atom stereocenters. The van der Waals surface area contributed by atoms with E-state index in [1.165, 1.54) is 4.90 Å². The highest BCUT2D eigenvalue weighted by molar-refractivity contribution is 6.35. The van der Waals surface area contributed by atoms with Crippen LogP contribution in [0.3, 0.4) is 0 Å². The van der Waals surface area contributed by atoms with Gasteiger partial charge < -0.3 is 30.4 Å². The van der Waals surface area contributed by atoms with Crippen molar-refractivity contribution in [1.29, 1.82) is 0 Å². The first-order chi connectivity index (χ1) is 20.6. The second-order valence-corrected chi connectivity index (χ2v) is 11.2. The number of ether oxygens (including phenoxy) is 2. The largest absolute Gasteiger partial charge is 0.492 e. The van der Waals surface area contributed by atoms with E-state index in [9.17, 15) is 27.6 Å². The van der Waals surface area contributed by atoms with E-state index in [1.807, 2.05) is 11.8 Å². The number of nitrogens with zero attached hydrogens (tertiary/aromatic N) is 3. The standard InChI is InChI=1S/C28H29Cl2F4N5O5/c1-13-9-39(27(44-21(40)8-35)14(2)38(13)10-15-4-5-16(29)6-19(15)30)23-20(31)7-17-22(25(23)43-3)37(12-28(32,33)34)11-18(24(17)41)26(36)42/h4-7,11,13-14,27H,8-10,12,35H2,1-3H3,(H2,36,42). The first kappa shape index (κ1) is 33.3. The van der Waals surface area contributed by atoms with E-state index in [0.717, 1.165) is 7.11 Å². The van der Waals surface area contributed by atoms with Crippen LogP contribution < -0.4 is 26.5 Å². The number of rotatable bonds is 8. The molecule has 4 rings (SSSR count). The van der Waals surface area contributed by atoms with Crippen LogP contribution in [0.4, 0.5) is 23.2 Å². The Kier molecular flexibility index (Phi) is 9.69. The van der Waals surface area contributed by atoms with Crippen LogP contribution in [0.5, 0.6) is 5.75 Å². The van der Waals surface area contributed by atoms with Gasteiger partial charge in [-0.15, -0.1) is 0 Å². The van der Waals surface area contributed by atoms with E-state index in [1.54, 1.807) is 25.1 Å². The van der Waals surface area contributed by atoms with Crippen molar-refractivity contribution in [3.63, 3.8) is 0 Å². The lowest BCUT2D eigenvalue weighted by Crippen LogP contribution is -2.63. The average molecular weight is 662 g/mol. The fourth-order valence-corrected chi connectivity index (χ4v) is 5.94. The Morgan fingerprint density at radius 3 is 2.41 bits per heavy atom. The van der Waals surface area contributed by atoms with E-state index in [2.05, 4.69) is 0 Å². The molecule has 4 N–H and O–H groups in total. The third-order valence-corrected chi connectivity index (χ3v) is 7.99. The number of amides is 1. The summed E-state index contributed by atoms with van der Waals surface area (Å²) in [6.45, 7) is 1.64. The molecule has 0 aliphatic carbocycles. The Morgan fingerprint density at radius 2 is 1.84 bits per heavy atom. The van der Waals surface area contributed by atoms with Crippen LogP contribution in [0.1, 0.15) is 29.8 Å². The zero-order valence-corrected chi connectivity index (χ0v) is 25.3. The smallest absolute Gasteiger partial charge is 0.406 e. The molecule has 3 aromatic rings. The normalized spacial score (nSPS) is 19.3. The molecule has 1 aromatic heterocycles. The van der Waals surface area contributed by atoms with Crippen LogP contribution in [-0.4, -0.2) is 66.0 Å². The quantitative estimate of drug-likeness (QED) is 0.273. The highest BCUT2D eigenvalue weighted by Crippen LogP contribution is 2.42. The van der Waals surface area contributed by atoms with Gasteiger partial charge in [0.05, 0.1) is 30.6 Å². The maximum atomic E-state index is 16.1. The van der Waals surface area contributed by atoms with Gasteiger partial charge in [0.1, 0.15) is 17.8 Å². The number of aromatic nitrogens is 1. The first-order valence-electron chi connectivity index (χ1n) is 13.2. The molecule has 0 saturated carbocycles. The Bertz CT molecular complexity index is 1670. The summed E-state index contributed by atoms with van der Waals surface area (Å²) in [6, 6.07) is 4.67. The fraction of sp³-hybridized carbons (Fsp3) is 0.393. The molecule has 1 saturated heterocycles. The number of carbonyl (C=O) groups is 2. The van der Waals surface area contributed by atoms with Gasteiger partial charge in [-0.2, -0.15) is 13.2 Å². The van der Waals surface area contributed by atoms with Gasteiger partial charge in [-0.05, 0) is 37.6 Å². The number of carbonyl (C=O) groups excluding carboxylic acids is 2. The minimum absolute atomic E-state index is 0.0142. The van der Waals surface area contributed by atoms with Crippen molar-refractivity contribution in [2.45, 2.75) is 51.4 Å². The van der Waals surface area contributed by atoms with Gasteiger partial charge in [-0.3, -0.25) is 19.3 Å². The van der Waals surface area contributed by atoms with Crippen LogP contribution in [-0.2, 0) is 22.6 Å². The SMILES string of the molecule is COc1c(N2CC(C)N(Cc3ccc(Cl)cc3Cl)C(C)C2OC(=O)CN)c(F)cc2c(=O)c(C(N)=O)cn(CC(F)(F)F)c12. The van der Waals surface area contributed by atoms with Gasteiger partial charge in [-0.25, -0.2) is 4.39 Å². The molecule has 44 heavy (non-hydrogen) atoms. The number of methoxy groups -OCH3 is 1. The predicted molar refractivity (Wildman–Crippen MR) is 157 cm³/mol. The summed E-state index contributed by atoms with van der Waals surface area (Å²) in [6.07, 6.45) is -5.37. The molecule has 1 aliphatic rings. The Balaban J connectivity index is 1.93. The Labute approximate surface area is 259 Å². The van der Waals surface area contributed by atoms with Crippen molar-refractivity contribution in [3.05, 3.63) is 67.7 Å². The number of fused-ring (bicyclic) bond motifs is 1. The Hall–Kier alpha value is -3.59. The van der Waals surface area contributed by atoms with Gasteiger partial charge in [0.2, 0.25) is 5.43 Å². The zero-order valence-electron chi connectivity index (χ0n) is 23.8. The summed E-state index contributed by atoms with van der Waals surface area (Å²) >= 11 is 12.4. The van der Waals surface area contributed by atoms with Crippen LogP contribution in [0, 0.1) is 5.82 Å². The summed E-state index contributed by atoms with van der Waals surface area (Å²) in [5.41, 5.74) is 8.83. The average Bonchev–Trinajstić information content (AvgIpc) is 2.93. The lowest BCUT2D eigenvalue weighted by molar-refractivity contribution is -0.153. The molecule has 16 heteroatoms. The van der Waals surface area contributed by atoms with Crippen molar-refractivity contribution in [1.82, 2.24) is 9.47 Å². The molecule has 0 radical (unpaired) electrons. The molecule has 1 aliphatic heterocycles. The monoisotopic (exact) mass is 661 g/mol. The lowest BCUT2D eigenvalue weighted by atomic mass is 10.0. The number of hydrogen-bond acceptors (Lipinski definition) is 8. The van der Waals surface area contributed by atoms with Crippen LogP contribution >= 0.6 is 23.2 Å². The molecule has 2 heterocycles. The van der Waals surface area contributed by atoms with Crippen molar-refractivity contribution in [2.75, 3.05) is 25.1 Å². The number of benzene rings is 2. The highest BCUT2D eigenvalue weighted by Gasteiger charge is 2.43. The molecule has 238 valence electrons. The van der Waals surface area contributed by atoms with Crippen LogP contribution in [0.25, 0.3) is 10.9 Å². The highest BCUT2D eigenvalue weighted by atomic mass is 35.5. The number of piperazine rings is 1. The summed E-state index contributed by atoms with van der Waals surface area (Å²) in [5, 5.41) is 0.275. The fourth-order valence-electron chi connectivity index (χ4n) is 5.47. The molecule has 0 spiro atoms. The molecule has 2 aromatic carbocycles. The molecule has 1 fully saturated rings. The van der Waals surface area contributed by atoms with Crippen LogP contribution in [0.15, 0.2) is 35.3 Å². The number of esters is 1. The van der Waals surface area contributed by atoms with E-state index in [-0.39, 0.29) is 24.8 Å². The van der Waals surface area contributed by atoms with E-state index in [4.69, 9.17) is 44.1 Å². The Morgan fingerprint density at radius 1 is 1.16 bits per heavy atom. The lowest BCUT2D eigenvalue weighted by Gasteiger charge is -2.50. The van der Waals surface area contributed by atoms with Crippen molar-refractivity contribution in [3.8, 4) is 5.75 Å². The second-order valence-electron chi connectivity index (χ2n) is 10.4. The third-order valence-electron chi connectivity index (χ3n) is 7.41. The van der Waals surface area contributed by atoms with E-state index >= 15 is 4.39 Å². The van der Waals surface area contributed by atoms with Gasteiger partial charge in [0.25, 0.3) is 5.91 Å². The number of halogens is 6. The molecular weight excluding hydrogens is 633 g/mol. The number of nitrogens with two attached hydrogens (primary N) is 2. The number of alkyl halides is 3. The summed E-state index contributed by atoms with van der Waals surface area (Å²) in [5.74, 6) is -3.63. The third kappa shape index (κ3) is 6.58. The summed E-state index contributed by atoms with van der Waals surface area (Å²) in [4.78, 5) is 40.8. The molecule has 10 nitrogen and oxygen atoms in total. The number of primary amides is 1. The zero-order chi connectivity index (χ0) is 32.7. The minimum Gasteiger partial charge on any atom is -0.492 e. The number of anilines is 1. The maximum Gasteiger partial charge on any atom is 0.406 e. The summed E-state index contributed by atoms with van der Waals surface area (Å²) in [7, 11) is 1.09. The predicted octanol–water partition coefficient (Wildman–Crippen LogP) is 4.04. The van der Waals surface area contributed by atoms with Gasteiger partial charge in [0.15, 0.2) is 17.8 Å². The minimum atomic E-state index is -4.81. The van der Waals surface area contributed by atoms with Gasteiger partial charge >= 0.3 is 12.1 Å². The number of hydrogen-bond donors (Lipinski definition) is 2. The van der Waals surface area contributed by atoms with Gasteiger partial charge in [-0.1, -0.05) is 29.3 Å². The van der Waals surface area contributed by atoms with E-state index in [0.29, 0.717) is 32.4 Å². The van der Waals surface area contributed by atoms with Crippen LogP contribution in [0.2, 0.25) is 10.0 Å². The topological polar surface area (TPSA) is 133 Å². The number of pyridine rings is 1. The van der Waals surface area contributed by atoms with Crippen molar-refractivity contribution < 1.29 is 36.6 Å². The summed E-state index contributed by atoms with van der Waals surface area (Å²) < 4.78 is 68.8. The molecule has 3 atom stereocenters. The van der Waals surface area contributed by atoms with Crippen molar-refractivity contribution in [2.24, 2.45) is 11.5 Å². The van der Waals surface area contributed by atoms with Crippen molar-refractivity contribution >= 4 is 51.7 Å². The van der Waals surface area contributed by atoms with Gasteiger partial charge in [0, 0.05) is 35.4 Å². The molecule has 1 amide bonds. The first-order valence-corrected chi connectivity index (χ1v) is 14.0. The molecular formula is C28H29Cl2F4N5O5.